The van der Waals surface area contributed by atoms with Crippen molar-refractivity contribution in [1.82, 2.24) is 9.88 Å². The molecule has 3 atom stereocenters. The summed E-state index contributed by atoms with van der Waals surface area (Å²) in [6.07, 6.45) is 7.80. The highest BCUT2D eigenvalue weighted by Crippen LogP contribution is 2.51. The molecule has 152 valence electrons. The van der Waals surface area contributed by atoms with Gasteiger partial charge in [-0.15, -0.1) is 0 Å². The van der Waals surface area contributed by atoms with Gasteiger partial charge >= 0.3 is 0 Å². The molecule has 0 radical (unpaired) electrons. The summed E-state index contributed by atoms with van der Waals surface area (Å²) in [7, 11) is 0. The van der Waals surface area contributed by atoms with Crippen LogP contribution in [0.2, 0.25) is 0 Å². The van der Waals surface area contributed by atoms with Crippen LogP contribution in [0.3, 0.4) is 0 Å². The van der Waals surface area contributed by atoms with Crippen LogP contribution in [0.25, 0.3) is 10.9 Å². The number of H-pyrrole nitrogens is 1. The standard InChI is InChI=1S/C25H25N3O2/c29-25(28-11-13-30-14-12-28)20-9-4-8-18-16-6-3-7-19(16)24(27-23(18)20)21-15-26-22-10-2-1-5-17(21)22/h1-6,8-10,15-16,19,24,26-27H,7,11-14H2. The molecule has 0 bridgehead atoms. The number of nitrogens with zero attached hydrogens (tertiary/aromatic N) is 1. The summed E-state index contributed by atoms with van der Waals surface area (Å²) in [5.74, 6) is 0.878. The van der Waals surface area contributed by atoms with E-state index in [9.17, 15) is 4.79 Å². The van der Waals surface area contributed by atoms with Gasteiger partial charge in [-0.1, -0.05) is 42.5 Å². The molecule has 1 aliphatic carbocycles. The van der Waals surface area contributed by atoms with Gasteiger partial charge in [0.25, 0.3) is 5.91 Å². The van der Waals surface area contributed by atoms with E-state index in [0.29, 0.717) is 38.1 Å². The number of ether oxygens (including phenoxy) is 1. The number of benzene rings is 2. The molecular weight excluding hydrogens is 374 g/mol. The third kappa shape index (κ3) is 2.69. The highest BCUT2D eigenvalue weighted by Gasteiger charge is 2.40. The summed E-state index contributed by atoms with van der Waals surface area (Å²) >= 11 is 0. The van der Waals surface area contributed by atoms with Gasteiger partial charge in [0.2, 0.25) is 0 Å². The molecule has 2 aromatic carbocycles. The molecule has 5 nitrogen and oxygen atoms in total. The fourth-order valence-electron chi connectivity index (χ4n) is 5.40. The van der Waals surface area contributed by atoms with Crippen molar-refractivity contribution in [3.8, 4) is 0 Å². The Labute approximate surface area is 175 Å². The summed E-state index contributed by atoms with van der Waals surface area (Å²) in [4.78, 5) is 18.7. The maximum atomic E-state index is 13.4. The van der Waals surface area contributed by atoms with Gasteiger partial charge in [0.1, 0.15) is 0 Å². The quantitative estimate of drug-likeness (QED) is 0.625. The lowest BCUT2D eigenvalue weighted by Gasteiger charge is -2.38. The molecule has 3 aromatic rings. The van der Waals surface area contributed by atoms with E-state index in [-0.39, 0.29) is 11.9 Å². The molecule has 30 heavy (non-hydrogen) atoms. The van der Waals surface area contributed by atoms with E-state index in [2.05, 4.69) is 59.0 Å². The lowest BCUT2D eigenvalue weighted by Crippen LogP contribution is -2.41. The Morgan fingerprint density at radius 2 is 1.90 bits per heavy atom. The lowest BCUT2D eigenvalue weighted by atomic mass is 9.76. The van der Waals surface area contributed by atoms with Gasteiger partial charge in [0.05, 0.1) is 30.5 Å². The highest BCUT2D eigenvalue weighted by atomic mass is 16.5. The first-order valence-corrected chi connectivity index (χ1v) is 10.8. The number of amides is 1. The Balaban J connectivity index is 1.44. The van der Waals surface area contributed by atoms with Gasteiger partial charge < -0.3 is 19.9 Å². The number of carbonyl (C=O) groups excluding carboxylic acids is 1. The molecule has 3 aliphatic rings. The van der Waals surface area contributed by atoms with Crippen LogP contribution in [-0.2, 0) is 4.74 Å². The Hall–Kier alpha value is -3.05. The smallest absolute Gasteiger partial charge is 0.256 e. The van der Waals surface area contributed by atoms with Crippen molar-refractivity contribution < 1.29 is 9.53 Å². The lowest BCUT2D eigenvalue weighted by molar-refractivity contribution is 0.0303. The number of aromatic amines is 1. The van der Waals surface area contributed by atoms with Crippen molar-refractivity contribution in [2.45, 2.75) is 18.4 Å². The number of rotatable bonds is 2. The van der Waals surface area contributed by atoms with Gasteiger partial charge in [0, 0.05) is 36.1 Å². The molecule has 1 amide bonds. The Bertz CT molecular complexity index is 1140. The van der Waals surface area contributed by atoms with E-state index in [4.69, 9.17) is 4.74 Å². The minimum atomic E-state index is 0.0979. The van der Waals surface area contributed by atoms with Crippen LogP contribution in [0, 0.1) is 5.92 Å². The molecule has 3 unspecified atom stereocenters. The second-order valence-corrected chi connectivity index (χ2v) is 8.44. The zero-order chi connectivity index (χ0) is 20.1. The normalized spacial score (nSPS) is 25.1. The highest BCUT2D eigenvalue weighted by molar-refractivity contribution is 6.01. The molecule has 1 aromatic heterocycles. The van der Waals surface area contributed by atoms with Crippen LogP contribution in [0.15, 0.2) is 60.8 Å². The molecule has 6 rings (SSSR count). The van der Waals surface area contributed by atoms with Crippen LogP contribution in [0.5, 0.6) is 0 Å². The van der Waals surface area contributed by atoms with E-state index in [1.54, 1.807) is 0 Å². The van der Waals surface area contributed by atoms with Crippen molar-refractivity contribution in [2.24, 2.45) is 5.92 Å². The van der Waals surface area contributed by atoms with Crippen LogP contribution in [0.1, 0.15) is 39.9 Å². The number of aromatic nitrogens is 1. The predicted octanol–water partition coefficient (Wildman–Crippen LogP) is 4.47. The van der Waals surface area contributed by atoms with Crippen molar-refractivity contribution in [3.05, 3.63) is 77.5 Å². The number of fused-ring (bicyclic) bond motifs is 4. The van der Waals surface area contributed by atoms with Gasteiger partial charge in [-0.25, -0.2) is 0 Å². The Morgan fingerprint density at radius 3 is 2.80 bits per heavy atom. The minimum Gasteiger partial charge on any atom is -0.378 e. The maximum Gasteiger partial charge on any atom is 0.256 e. The predicted molar refractivity (Wildman–Crippen MR) is 118 cm³/mol. The van der Waals surface area contributed by atoms with Crippen LogP contribution in [-0.4, -0.2) is 42.1 Å². The number of allylic oxidation sites excluding steroid dienone is 2. The Morgan fingerprint density at radius 1 is 1.03 bits per heavy atom. The summed E-state index contributed by atoms with van der Waals surface area (Å²) in [5.41, 5.74) is 5.45. The first-order valence-electron chi connectivity index (χ1n) is 10.8. The zero-order valence-electron chi connectivity index (χ0n) is 16.8. The second kappa shape index (κ2) is 7.03. The third-order valence-corrected chi connectivity index (χ3v) is 6.88. The molecule has 1 fully saturated rings. The van der Waals surface area contributed by atoms with E-state index >= 15 is 0 Å². The summed E-state index contributed by atoms with van der Waals surface area (Å²) in [6, 6.07) is 14.8. The molecule has 0 saturated carbocycles. The molecular formula is C25H25N3O2. The minimum absolute atomic E-state index is 0.0979. The first kappa shape index (κ1) is 17.8. The van der Waals surface area contributed by atoms with Crippen LogP contribution in [0.4, 0.5) is 5.69 Å². The number of morpholine rings is 1. The van der Waals surface area contributed by atoms with Crippen molar-refractivity contribution in [1.29, 1.82) is 0 Å². The number of para-hydroxylation sites is 2. The number of carbonyl (C=O) groups is 1. The molecule has 2 aliphatic heterocycles. The Kier molecular flexibility index (Phi) is 4.16. The van der Waals surface area contributed by atoms with E-state index in [0.717, 1.165) is 23.2 Å². The fraction of sp³-hybridized carbons (Fsp3) is 0.320. The number of nitrogens with one attached hydrogen (secondary N) is 2. The molecule has 3 heterocycles. The monoisotopic (exact) mass is 399 g/mol. The molecule has 0 spiro atoms. The van der Waals surface area contributed by atoms with E-state index in [1.165, 1.54) is 16.5 Å². The van der Waals surface area contributed by atoms with E-state index < -0.39 is 0 Å². The topological polar surface area (TPSA) is 57.4 Å². The average Bonchev–Trinajstić information content (AvgIpc) is 3.46. The summed E-state index contributed by atoms with van der Waals surface area (Å²) in [5, 5.41) is 5.06. The number of hydrogen-bond acceptors (Lipinski definition) is 3. The van der Waals surface area contributed by atoms with Crippen molar-refractivity contribution in [2.75, 3.05) is 31.6 Å². The fourth-order valence-corrected chi connectivity index (χ4v) is 5.40. The van der Waals surface area contributed by atoms with Gasteiger partial charge in [0.15, 0.2) is 0 Å². The van der Waals surface area contributed by atoms with Gasteiger partial charge in [-0.2, -0.15) is 0 Å². The first-order chi connectivity index (χ1) is 14.8. The van der Waals surface area contributed by atoms with Crippen LogP contribution >= 0.6 is 0 Å². The maximum absolute atomic E-state index is 13.4. The SMILES string of the molecule is O=C(c1cccc2c1NC(c1c[nH]c3ccccc13)C1CC=CC21)N1CCOCC1. The molecule has 2 N–H and O–H groups in total. The summed E-state index contributed by atoms with van der Waals surface area (Å²) in [6.45, 7) is 2.53. The third-order valence-electron chi connectivity index (χ3n) is 6.88. The molecule has 1 saturated heterocycles. The number of anilines is 1. The zero-order valence-corrected chi connectivity index (χ0v) is 16.8. The van der Waals surface area contributed by atoms with Crippen molar-refractivity contribution >= 4 is 22.5 Å². The van der Waals surface area contributed by atoms with Gasteiger partial charge in [-0.05, 0) is 35.6 Å². The van der Waals surface area contributed by atoms with E-state index in [1.807, 2.05) is 17.0 Å². The van der Waals surface area contributed by atoms with Crippen molar-refractivity contribution in [3.63, 3.8) is 0 Å². The van der Waals surface area contributed by atoms with Gasteiger partial charge in [-0.3, -0.25) is 4.79 Å². The second-order valence-electron chi connectivity index (χ2n) is 8.44. The molecule has 5 heteroatoms. The largest absolute Gasteiger partial charge is 0.378 e. The summed E-state index contributed by atoms with van der Waals surface area (Å²) < 4.78 is 5.44. The number of hydrogen-bond donors (Lipinski definition) is 2. The van der Waals surface area contributed by atoms with Crippen LogP contribution < -0.4 is 5.32 Å². The average molecular weight is 399 g/mol.